The van der Waals surface area contributed by atoms with Gasteiger partial charge in [0.05, 0.1) is 57.9 Å². The van der Waals surface area contributed by atoms with Crippen molar-refractivity contribution in [1.82, 2.24) is 29.9 Å². The van der Waals surface area contributed by atoms with Crippen LogP contribution in [-0.4, -0.2) is 29.9 Å². The first-order valence-electron chi connectivity index (χ1n) is 44.6. The van der Waals surface area contributed by atoms with Crippen molar-refractivity contribution in [3.63, 3.8) is 0 Å². The van der Waals surface area contributed by atoms with E-state index in [2.05, 4.69) is 247 Å². The zero-order chi connectivity index (χ0) is 88.1. The van der Waals surface area contributed by atoms with E-state index in [0.717, 1.165) is 166 Å². The Hall–Kier alpha value is -16.3. The second kappa shape index (κ2) is 31.3. The molecule has 0 bridgehead atoms. The van der Waals surface area contributed by atoms with Gasteiger partial charge in [-0.15, -0.1) is 11.3 Å². The fourth-order valence-electron chi connectivity index (χ4n) is 18.6. The summed E-state index contributed by atoms with van der Waals surface area (Å²) in [6, 6.07) is 134. The monoisotopic (exact) mass is 1640 g/mol. The van der Waals surface area contributed by atoms with E-state index in [1.165, 1.54) is 33.4 Å². The van der Waals surface area contributed by atoms with Gasteiger partial charge in [-0.2, -0.15) is 9.97 Å². The fourth-order valence-corrected chi connectivity index (χ4v) is 19.9. The van der Waals surface area contributed by atoms with E-state index in [9.17, 15) is 0 Å². The lowest BCUT2D eigenvalue weighted by atomic mass is 9.77. The lowest BCUT2D eigenvalue weighted by Gasteiger charge is -2.29. The third kappa shape index (κ3) is 12.9. The zero-order valence-electron chi connectivity index (χ0n) is 73.4. The number of fused-ring (bicyclic) bond motifs is 21. The summed E-state index contributed by atoms with van der Waals surface area (Å²) in [6.07, 6.45) is 1.79. The van der Waals surface area contributed by atoms with Gasteiger partial charge in [0.15, 0.2) is 17.5 Å². The molecule has 0 amide bonds. The molecule has 11 heteroatoms. The smallest absolute Gasteiger partial charge is 0.238 e. The Morgan fingerprint density at radius 1 is 0.325 bits per heavy atom. The average molecular weight is 1640 g/mol. The van der Waals surface area contributed by atoms with E-state index in [4.69, 9.17) is 36.2 Å². The number of anilines is 9. The van der Waals surface area contributed by atoms with E-state index in [1.807, 2.05) is 181 Å². The topological polar surface area (TPSA) is 100 Å². The zero-order valence-corrected chi connectivity index (χ0v) is 69.3. The minimum atomic E-state index is -0.414. The van der Waals surface area contributed by atoms with Crippen LogP contribution >= 0.6 is 11.3 Å². The van der Waals surface area contributed by atoms with Crippen molar-refractivity contribution < 1.29 is 11.3 Å². The number of benzene rings is 16. The van der Waals surface area contributed by atoms with E-state index in [1.54, 1.807) is 17.5 Å². The molecule has 5 aromatic heterocycles. The van der Waals surface area contributed by atoms with Gasteiger partial charge < -0.3 is 14.2 Å². The van der Waals surface area contributed by atoms with Gasteiger partial charge in [0, 0.05) is 127 Å². The molecule has 10 nitrogen and oxygen atoms in total. The van der Waals surface area contributed by atoms with Gasteiger partial charge >= 0.3 is 0 Å². The quantitative estimate of drug-likeness (QED) is 0.139. The van der Waals surface area contributed by atoms with Crippen molar-refractivity contribution in [3.05, 3.63) is 453 Å². The SMILES string of the molecule is CC1(C)C2=C(c3ccccc3N(c3nc(-c4ccccc4)nc(-c4ccccc4)n3)c3ccccc32)c2ccccc21.[2H]c1c([2H])c([2H])c(N2c3ccccc3-c3sc4ccccc4c3-c3ccc(-c4cccc5cccnc45)cc32)c([2H])c1[2H].c1ccc(-c2cc(-c3ccc(N4c5ccccc5-c5oc6ccccc6c5-c5ccccc54)cc3)nc(-c3ccccc3)n2)cc1. The molecule has 25 rings (SSSR count). The van der Waals surface area contributed by atoms with Crippen molar-refractivity contribution in [2.24, 2.45) is 0 Å². The van der Waals surface area contributed by atoms with Crippen LogP contribution in [0.5, 0.6) is 0 Å². The highest BCUT2D eigenvalue weighted by atomic mass is 32.1. The molecule has 8 heterocycles. The summed E-state index contributed by atoms with van der Waals surface area (Å²) in [5.74, 6) is 3.48. The first-order valence-corrected chi connectivity index (χ1v) is 43.0. The summed E-state index contributed by atoms with van der Waals surface area (Å²) in [5.41, 5.74) is 31.0. The van der Waals surface area contributed by atoms with Gasteiger partial charge in [-0.3, -0.25) is 9.88 Å². The van der Waals surface area contributed by atoms with Crippen LogP contribution in [-0.2, 0) is 5.41 Å². The molecule has 0 unspecified atom stereocenters. The van der Waals surface area contributed by atoms with Crippen molar-refractivity contribution in [1.29, 1.82) is 0 Å². The van der Waals surface area contributed by atoms with Gasteiger partial charge in [-0.05, 0) is 119 Å². The molecule has 594 valence electrons. The summed E-state index contributed by atoms with van der Waals surface area (Å²) in [5, 5.41) is 3.25. The van der Waals surface area contributed by atoms with E-state index in [-0.39, 0.29) is 35.3 Å². The highest BCUT2D eigenvalue weighted by molar-refractivity contribution is 7.23. The number of aromatic nitrogens is 6. The fraction of sp³-hybridized carbons (Fsp3) is 0.0261. The lowest BCUT2D eigenvalue weighted by molar-refractivity contribution is 0.633. The molecule has 4 aliphatic rings. The van der Waals surface area contributed by atoms with Crippen molar-refractivity contribution in [2.75, 3.05) is 14.7 Å². The Morgan fingerprint density at radius 3 is 1.47 bits per heavy atom. The largest absolute Gasteiger partial charge is 0.455 e. The van der Waals surface area contributed by atoms with E-state index < -0.39 is 6.04 Å². The highest BCUT2D eigenvalue weighted by Gasteiger charge is 2.44. The number of thiophene rings is 1. The van der Waals surface area contributed by atoms with Crippen molar-refractivity contribution in [2.45, 2.75) is 19.3 Å². The molecule has 126 heavy (non-hydrogen) atoms. The van der Waals surface area contributed by atoms with Crippen LogP contribution in [0.25, 0.3) is 155 Å². The summed E-state index contributed by atoms with van der Waals surface area (Å²) >= 11 is 1.70. The summed E-state index contributed by atoms with van der Waals surface area (Å²) in [4.78, 5) is 37.4. The third-order valence-corrected chi connectivity index (χ3v) is 25.5. The van der Waals surface area contributed by atoms with Crippen molar-refractivity contribution in [3.8, 4) is 112 Å². The molecule has 0 saturated carbocycles. The molecule has 0 N–H and O–H groups in total. The Labute approximate surface area is 741 Å². The number of pyridine rings is 1. The van der Waals surface area contributed by atoms with Crippen LogP contribution in [0.1, 0.15) is 43.0 Å². The molecule has 0 fully saturated rings. The first-order chi connectivity index (χ1) is 64.4. The summed E-state index contributed by atoms with van der Waals surface area (Å²) in [6.45, 7) is 4.68. The maximum absolute atomic E-state index is 8.98. The molecule has 0 atom stereocenters. The van der Waals surface area contributed by atoms with Crippen LogP contribution in [0.2, 0.25) is 0 Å². The second-order valence-electron chi connectivity index (χ2n) is 32.0. The number of hydrogen-bond donors (Lipinski definition) is 0. The molecule has 1 aliphatic carbocycles. The number of nitrogens with zero attached hydrogens (tertiary/aromatic N) is 9. The highest BCUT2D eigenvalue weighted by Crippen LogP contribution is 2.61. The number of rotatable bonds is 9. The predicted octanol–water partition coefficient (Wildman–Crippen LogP) is 30.8. The molecular weight excluding hydrogens is 1560 g/mol. The molecule has 16 aromatic carbocycles. The Kier molecular flexibility index (Phi) is 17.2. The summed E-state index contributed by atoms with van der Waals surface area (Å²) in [7, 11) is 0. The maximum Gasteiger partial charge on any atom is 0.238 e. The van der Waals surface area contributed by atoms with Crippen LogP contribution in [0.15, 0.2) is 435 Å². The molecular formula is C115H77N9OS. The number of allylic oxidation sites excluding steroid dienone is 1. The third-order valence-electron chi connectivity index (χ3n) is 24.3. The number of furan rings is 1. The molecule has 3 aliphatic heterocycles. The normalized spacial score (nSPS) is 13.4. The Bertz CT molecular complexity index is 8020. The van der Waals surface area contributed by atoms with Crippen molar-refractivity contribution >= 4 is 106 Å². The second-order valence-corrected chi connectivity index (χ2v) is 33.0. The molecule has 21 aromatic rings. The molecule has 0 spiro atoms. The van der Waals surface area contributed by atoms with Crippen LogP contribution < -0.4 is 14.7 Å². The first kappa shape index (κ1) is 69.3. The number of para-hydroxylation sites is 8. The molecule has 0 saturated heterocycles. The molecule has 0 radical (unpaired) electrons. The lowest BCUT2D eigenvalue weighted by Crippen LogP contribution is -2.20. The number of hydrogen-bond acceptors (Lipinski definition) is 11. The summed E-state index contributed by atoms with van der Waals surface area (Å²) < 4.78 is 51.0. The van der Waals surface area contributed by atoms with E-state index >= 15 is 0 Å². The van der Waals surface area contributed by atoms with Crippen LogP contribution in [0.4, 0.5) is 51.4 Å². The minimum Gasteiger partial charge on any atom is -0.455 e. The van der Waals surface area contributed by atoms with Gasteiger partial charge in [0.2, 0.25) is 5.95 Å². The Balaban J connectivity index is 0.000000112. The van der Waals surface area contributed by atoms with Gasteiger partial charge in [0.25, 0.3) is 0 Å². The van der Waals surface area contributed by atoms with Gasteiger partial charge in [0.1, 0.15) is 11.3 Å². The van der Waals surface area contributed by atoms with E-state index in [0.29, 0.717) is 23.4 Å². The van der Waals surface area contributed by atoms with Gasteiger partial charge in [-0.25, -0.2) is 15.0 Å². The van der Waals surface area contributed by atoms with Crippen LogP contribution in [0, 0.1) is 0 Å². The standard InChI is InChI=1S/C42H27N3O.C38H28N4.C35H22N2S/c1-3-13-28(14-4-1)35-27-36(44-42(43-35)30-15-5-2-6-16-30)29-23-25-31(26-24-29)45-37-20-10-7-17-32(37)40-34-19-9-12-22-39(34)46-41(40)33-18-8-11-21-38(33)45;1-38(2)30-22-12-9-19-27(30)33-28-20-10-13-23-31(28)42(32-24-14-11-21-29(32)34(33)38)37-40-35(25-15-5-3-6-16-25)39-36(41-37)26-17-7-4-8-18-26;1-2-12-25(13-3-1)37-30-17-6-4-14-28(30)35-33(29-15-5-7-18-32(29)38-35)27-20-19-24(22-31(27)37)26-16-8-10-23-11-9-21-36-34(23)26/h1-27H;3-24H,1-2H3;1-22H/i;;1D,2D,3D,12D,13D. The predicted molar refractivity (Wildman–Crippen MR) is 520 cm³/mol. The van der Waals surface area contributed by atoms with Crippen LogP contribution in [0.3, 0.4) is 0 Å². The Morgan fingerprint density at radius 2 is 0.802 bits per heavy atom. The average Bonchev–Trinajstić information content (AvgIpc) is 1.58. The maximum atomic E-state index is 8.98. The minimum absolute atomic E-state index is 0.118. The van der Waals surface area contributed by atoms with Gasteiger partial charge in [-0.1, -0.05) is 347 Å².